The highest BCUT2D eigenvalue weighted by atomic mass is 32.2. The van der Waals surface area contributed by atoms with Crippen LogP contribution in [0.4, 0.5) is 0 Å². The number of rotatable bonds is 6. The molecule has 1 aliphatic carbocycles. The van der Waals surface area contributed by atoms with E-state index in [0.717, 1.165) is 25.2 Å². The minimum absolute atomic E-state index is 0.471. The molecule has 0 radical (unpaired) electrons. The highest BCUT2D eigenvalue weighted by Crippen LogP contribution is 2.35. The highest BCUT2D eigenvalue weighted by molar-refractivity contribution is 7.87. The second-order valence-corrected chi connectivity index (χ2v) is 9.21. The van der Waals surface area contributed by atoms with Crippen molar-refractivity contribution in [3.8, 4) is 0 Å². The molecule has 1 aromatic rings. The molecule has 1 aliphatic heterocycles. The summed E-state index contributed by atoms with van der Waals surface area (Å²) in [7, 11) is -3.28. The summed E-state index contributed by atoms with van der Waals surface area (Å²) in [5.41, 5.74) is 2.65. The van der Waals surface area contributed by atoms with Gasteiger partial charge in [0, 0.05) is 19.6 Å². The van der Waals surface area contributed by atoms with Crippen LogP contribution in [0.5, 0.6) is 0 Å². The van der Waals surface area contributed by atoms with Gasteiger partial charge < -0.3 is 0 Å². The summed E-state index contributed by atoms with van der Waals surface area (Å²) in [5, 5.41) is 0. The maximum Gasteiger partial charge on any atom is 0.279 e. The van der Waals surface area contributed by atoms with Gasteiger partial charge in [-0.1, -0.05) is 44.0 Å². The van der Waals surface area contributed by atoms with Crippen LogP contribution in [-0.4, -0.2) is 32.4 Å². The molecule has 1 heterocycles. The number of hydrogen-bond donors (Lipinski definition) is 1. The Bertz CT molecular complexity index is 613. The normalized spacial score (nSPS) is 25.9. The lowest BCUT2D eigenvalue weighted by Gasteiger charge is -2.26. The molecule has 2 aliphatic rings. The number of nitrogens with one attached hydrogen (secondary N) is 1. The number of hydrogen-bond acceptors (Lipinski definition) is 2. The van der Waals surface area contributed by atoms with Gasteiger partial charge in [0.2, 0.25) is 0 Å². The summed E-state index contributed by atoms with van der Waals surface area (Å²) in [6, 6.07) is 8.81. The van der Waals surface area contributed by atoms with Crippen LogP contribution in [0.2, 0.25) is 0 Å². The molecule has 1 saturated carbocycles. The Hall–Kier alpha value is -0.910. The summed E-state index contributed by atoms with van der Waals surface area (Å²) in [4.78, 5) is 0. The highest BCUT2D eigenvalue weighted by Gasteiger charge is 2.24. The molecule has 1 saturated heterocycles. The van der Waals surface area contributed by atoms with Crippen LogP contribution in [0.3, 0.4) is 0 Å². The van der Waals surface area contributed by atoms with Crippen LogP contribution in [0.15, 0.2) is 24.3 Å². The molecule has 5 heteroatoms. The zero-order chi connectivity index (χ0) is 17.0. The van der Waals surface area contributed by atoms with Crippen molar-refractivity contribution in [1.82, 2.24) is 9.03 Å². The molecule has 0 bridgehead atoms. The molecule has 0 atom stereocenters. The summed E-state index contributed by atoms with van der Waals surface area (Å²) >= 11 is 0. The largest absolute Gasteiger partial charge is 0.279 e. The third-order valence-electron chi connectivity index (χ3n) is 5.57. The van der Waals surface area contributed by atoms with E-state index in [1.165, 1.54) is 36.8 Å². The maximum absolute atomic E-state index is 12.1. The van der Waals surface area contributed by atoms with E-state index in [2.05, 4.69) is 35.9 Å². The third-order valence-corrected chi connectivity index (χ3v) is 7.18. The van der Waals surface area contributed by atoms with E-state index in [1.54, 1.807) is 4.31 Å². The summed E-state index contributed by atoms with van der Waals surface area (Å²) in [6.45, 7) is 4.13. The second-order valence-electron chi connectivity index (χ2n) is 7.45. The average Bonchev–Trinajstić information content (AvgIpc) is 3.12. The first-order valence-electron chi connectivity index (χ1n) is 9.38. The quantitative estimate of drug-likeness (QED) is 0.854. The second kappa shape index (κ2) is 7.98. The molecule has 0 aromatic heterocycles. The van der Waals surface area contributed by atoms with Gasteiger partial charge in [-0.05, 0) is 55.1 Å². The van der Waals surface area contributed by atoms with E-state index in [0.29, 0.717) is 25.6 Å². The Labute approximate surface area is 146 Å². The summed E-state index contributed by atoms with van der Waals surface area (Å²) in [6.07, 6.45) is 7.97. The molecule has 134 valence electrons. The van der Waals surface area contributed by atoms with E-state index < -0.39 is 10.2 Å². The lowest BCUT2D eigenvalue weighted by molar-refractivity contribution is 0.348. The first-order valence-corrected chi connectivity index (χ1v) is 10.8. The monoisotopic (exact) mass is 350 g/mol. The molecule has 0 amide bonds. The van der Waals surface area contributed by atoms with Gasteiger partial charge in [-0.3, -0.25) is 0 Å². The Morgan fingerprint density at radius 1 is 1.04 bits per heavy atom. The smallest absolute Gasteiger partial charge is 0.202 e. The van der Waals surface area contributed by atoms with Crippen molar-refractivity contribution in [2.45, 2.75) is 57.8 Å². The standard InChI is InChI=1S/C19H30N2O2S/c1-16-4-8-18(9-5-16)19-10-6-17(7-11-19)12-13-20-24(22,23)21-14-2-3-15-21/h6-7,10-11,16,18,20H,2-5,8-9,12-15H2,1H3. The van der Waals surface area contributed by atoms with E-state index in [-0.39, 0.29) is 0 Å². The Balaban J connectivity index is 1.48. The first kappa shape index (κ1) is 17.9. The van der Waals surface area contributed by atoms with E-state index >= 15 is 0 Å². The molecule has 0 unspecified atom stereocenters. The lowest BCUT2D eigenvalue weighted by atomic mass is 9.79. The fraction of sp³-hybridized carbons (Fsp3) is 0.684. The minimum Gasteiger partial charge on any atom is -0.202 e. The summed E-state index contributed by atoms with van der Waals surface area (Å²) in [5.74, 6) is 1.59. The van der Waals surface area contributed by atoms with Crippen molar-refractivity contribution in [3.63, 3.8) is 0 Å². The van der Waals surface area contributed by atoms with Crippen LogP contribution in [0.25, 0.3) is 0 Å². The van der Waals surface area contributed by atoms with Crippen molar-refractivity contribution in [3.05, 3.63) is 35.4 Å². The van der Waals surface area contributed by atoms with Gasteiger partial charge >= 0.3 is 0 Å². The van der Waals surface area contributed by atoms with Gasteiger partial charge in [-0.25, -0.2) is 4.72 Å². The van der Waals surface area contributed by atoms with Crippen LogP contribution in [0.1, 0.15) is 62.5 Å². The molecule has 4 nitrogen and oxygen atoms in total. The van der Waals surface area contributed by atoms with E-state index in [1.807, 2.05) is 0 Å². The SMILES string of the molecule is CC1CCC(c2ccc(CCNS(=O)(=O)N3CCCC3)cc2)CC1. The molecular weight excluding hydrogens is 320 g/mol. The van der Waals surface area contributed by atoms with Crippen molar-refractivity contribution in [2.75, 3.05) is 19.6 Å². The van der Waals surface area contributed by atoms with Crippen LogP contribution in [0, 0.1) is 5.92 Å². The average molecular weight is 351 g/mol. The molecule has 24 heavy (non-hydrogen) atoms. The van der Waals surface area contributed by atoms with Crippen molar-refractivity contribution in [2.24, 2.45) is 5.92 Å². The van der Waals surface area contributed by atoms with Crippen molar-refractivity contribution < 1.29 is 8.42 Å². The molecule has 1 N–H and O–H groups in total. The van der Waals surface area contributed by atoms with Gasteiger partial charge in [0.05, 0.1) is 0 Å². The van der Waals surface area contributed by atoms with Gasteiger partial charge in [0.25, 0.3) is 10.2 Å². The number of benzene rings is 1. The fourth-order valence-corrected chi connectivity index (χ4v) is 5.18. The van der Waals surface area contributed by atoms with Crippen molar-refractivity contribution in [1.29, 1.82) is 0 Å². The predicted octanol–water partition coefficient (Wildman–Crippen LogP) is 3.45. The zero-order valence-electron chi connectivity index (χ0n) is 14.7. The molecule has 2 fully saturated rings. The zero-order valence-corrected chi connectivity index (χ0v) is 15.5. The summed E-state index contributed by atoms with van der Waals surface area (Å²) < 4.78 is 28.5. The fourth-order valence-electron chi connectivity index (χ4n) is 3.89. The Morgan fingerprint density at radius 3 is 2.29 bits per heavy atom. The Morgan fingerprint density at radius 2 is 1.67 bits per heavy atom. The van der Waals surface area contributed by atoms with E-state index in [4.69, 9.17) is 0 Å². The van der Waals surface area contributed by atoms with Gasteiger partial charge in [0.15, 0.2) is 0 Å². The van der Waals surface area contributed by atoms with Crippen LogP contribution >= 0.6 is 0 Å². The molecule has 1 aromatic carbocycles. The topological polar surface area (TPSA) is 49.4 Å². The molecular formula is C19H30N2O2S. The number of nitrogens with zero attached hydrogens (tertiary/aromatic N) is 1. The van der Waals surface area contributed by atoms with Gasteiger partial charge in [0.1, 0.15) is 0 Å². The molecule has 0 spiro atoms. The predicted molar refractivity (Wildman–Crippen MR) is 98.2 cm³/mol. The van der Waals surface area contributed by atoms with Crippen LogP contribution in [-0.2, 0) is 16.6 Å². The van der Waals surface area contributed by atoms with Crippen LogP contribution < -0.4 is 4.72 Å². The first-order chi connectivity index (χ1) is 11.5. The minimum atomic E-state index is -3.28. The maximum atomic E-state index is 12.1. The van der Waals surface area contributed by atoms with Crippen molar-refractivity contribution >= 4 is 10.2 Å². The molecule has 3 rings (SSSR count). The lowest BCUT2D eigenvalue weighted by Crippen LogP contribution is -2.39. The third kappa shape index (κ3) is 4.58. The Kier molecular flexibility index (Phi) is 5.95. The van der Waals surface area contributed by atoms with Gasteiger partial charge in [-0.2, -0.15) is 12.7 Å². The van der Waals surface area contributed by atoms with E-state index in [9.17, 15) is 8.42 Å². The van der Waals surface area contributed by atoms with Gasteiger partial charge in [-0.15, -0.1) is 0 Å².